The van der Waals surface area contributed by atoms with Crippen molar-refractivity contribution in [2.75, 3.05) is 19.7 Å². The number of nitrogens with one attached hydrogen (secondary N) is 1. The van der Waals surface area contributed by atoms with Crippen molar-refractivity contribution < 1.29 is 9.15 Å². The van der Waals surface area contributed by atoms with Gasteiger partial charge in [0.25, 0.3) is 0 Å². The predicted molar refractivity (Wildman–Crippen MR) is 67.8 cm³/mol. The normalized spacial score (nSPS) is 20.4. The lowest BCUT2D eigenvalue weighted by molar-refractivity contribution is 0.0292. The molecule has 0 radical (unpaired) electrons. The SMILES string of the molecule is Cn1c(=O)oc2ccc(CC3CNCCO3)cc21. The minimum atomic E-state index is -0.322. The Labute approximate surface area is 104 Å². The second-order valence-electron chi connectivity index (χ2n) is 4.63. The highest BCUT2D eigenvalue weighted by Gasteiger charge is 2.15. The van der Waals surface area contributed by atoms with Gasteiger partial charge in [0.2, 0.25) is 0 Å². The summed E-state index contributed by atoms with van der Waals surface area (Å²) in [5.74, 6) is -0.322. The van der Waals surface area contributed by atoms with Crippen LogP contribution in [0.3, 0.4) is 0 Å². The maximum atomic E-state index is 11.4. The smallest absolute Gasteiger partial charge is 0.408 e. The van der Waals surface area contributed by atoms with Crippen LogP contribution in [0.25, 0.3) is 11.1 Å². The number of morpholine rings is 1. The van der Waals surface area contributed by atoms with Crippen LogP contribution in [0.1, 0.15) is 5.56 Å². The molecule has 1 unspecified atom stereocenters. The summed E-state index contributed by atoms with van der Waals surface area (Å²) in [4.78, 5) is 11.4. The first-order chi connectivity index (χ1) is 8.74. The molecule has 96 valence electrons. The van der Waals surface area contributed by atoms with Gasteiger partial charge in [-0.25, -0.2) is 4.79 Å². The summed E-state index contributed by atoms with van der Waals surface area (Å²) in [5.41, 5.74) is 2.63. The van der Waals surface area contributed by atoms with E-state index in [-0.39, 0.29) is 11.9 Å². The van der Waals surface area contributed by atoms with Crippen molar-refractivity contribution >= 4 is 11.1 Å². The van der Waals surface area contributed by atoms with Crippen LogP contribution in [-0.2, 0) is 18.2 Å². The standard InChI is InChI=1S/C13H16N2O3/c1-15-11-7-9(2-3-12(11)18-13(15)16)6-10-8-14-4-5-17-10/h2-3,7,10,14H,4-6,8H2,1H3. The molecule has 1 aliphatic heterocycles. The molecule has 0 aliphatic carbocycles. The molecule has 1 saturated heterocycles. The zero-order chi connectivity index (χ0) is 12.5. The van der Waals surface area contributed by atoms with Crippen molar-refractivity contribution in [1.29, 1.82) is 0 Å². The van der Waals surface area contributed by atoms with E-state index in [1.165, 1.54) is 4.57 Å². The van der Waals surface area contributed by atoms with Crippen LogP contribution in [0.5, 0.6) is 0 Å². The maximum Gasteiger partial charge on any atom is 0.419 e. The largest absolute Gasteiger partial charge is 0.419 e. The van der Waals surface area contributed by atoms with E-state index >= 15 is 0 Å². The van der Waals surface area contributed by atoms with E-state index in [0.29, 0.717) is 5.58 Å². The molecule has 1 aliphatic rings. The molecule has 1 fully saturated rings. The Morgan fingerprint density at radius 3 is 3.17 bits per heavy atom. The number of nitrogens with zero attached hydrogens (tertiary/aromatic N) is 1. The van der Waals surface area contributed by atoms with Gasteiger partial charge in [0.1, 0.15) is 0 Å². The van der Waals surface area contributed by atoms with Crippen LogP contribution < -0.4 is 11.1 Å². The number of rotatable bonds is 2. The van der Waals surface area contributed by atoms with Crippen LogP contribution in [0.15, 0.2) is 27.4 Å². The Hall–Kier alpha value is -1.59. The van der Waals surface area contributed by atoms with E-state index in [2.05, 4.69) is 5.32 Å². The summed E-state index contributed by atoms with van der Waals surface area (Å²) in [7, 11) is 1.72. The van der Waals surface area contributed by atoms with Crippen molar-refractivity contribution in [2.24, 2.45) is 7.05 Å². The molecule has 5 nitrogen and oxygen atoms in total. The third kappa shape index (κ3) is 2.07. The predicted octanol–water partition coefficient (Wildman–Crippen LogP) is 0.662. The average Bonchev–Trinajstić information content (AvgIpc) is 2.67. The van der Waals surface area contributed by atoms with Crippen LogP contribution >= 0.6 is 0 Å². The third-order valence-electron chi connectivity index (χ3n) is 3.32. The van der Waals surface area contributed by atoms with Crippen LogP contribution in [-0.4, -0.2) is 30.4 Å². The van der Waals surface area contributed by atoms with Crippen LogP contribution in [0, 0.1) is 0 Å². The van der Waals surface area contributed by atoms with Gasteiger partial charge in [-0.15, -0.1) is 0 Å². The second-order valence-corrected chi connectivity index (χ2v) is 4.63. The van der Waals surface area contributed by atoms with Gasteiger partial charge < -0.3 is 14.5 Å². The molecule has 0 amide bonds. The van der Waals surface area contributed by atoms with Crippen molar-refractivity contribution in [2.45, 2.75) is 12.5 Å². The van der Waals surface area contributed by atoms with Gasteiger partial charge in [0.05, 0.1) is 18.2 Å². The summed E-state index contributed by atoms with van der Waals surface area (Å²) in [6.07, 6.45) is 1.06. The molecule has 1 aromatic carbocycles. The lowest BCUT2D eigenvalue weighted by atomic mass is 10.1. The number of hydrogen-bond acceptors (Lipinski definition) is 4. The molecule has 5 heteroatoms. The molecule has 0 spiro atoms. The van der Waals surface area contributed by atoms with E-state index in [4.69, 9.17) is 9.15 Å². The minimum Gasteiger partial charge on any atom is -0.408 e. The zero-order valence-corrected chi connectivity index (χ0v) is 10.3. The average molecular weight is 248 g/mol. The zero-order valence-electron chi connectivity index (χ0n) is 10.3. The number of oxazole rings is 1. The Morgan fingerprint density at radius 2 is 2.39 bits per heavy atom. The highest BCUT2D eigenvalue weighted by atomic mass is 16.5. The van der Waals surface area contributed by atoms with Gasteiger partial charge in [-0.1, -0.05) is 6.07 Å². The van der Waals surface area contributed by atoms with Gasteiger partial charge in [-0.2, -0.15) is 0 Å². The highest BCUT2D eigenvalue weighted by molar-refractivity contribution is 5.73. The van der Waals surface area contributed by atoms with Crippen molar-refractivity contribution in [1.82, 2.24) is 9.88 Å². The number of aromatic nitrogens is 1. The maximum absolute atomic E-state index is 11.4. The Morgan fingerprint density at radius 1 is 1.50 bits per heavy atom. The molecule has 0 bridgehead atoms. The fourth-order valence-electron chi connectivity index (χ4n) is 2.31. The van der Waals surface area contributed by atoms with Gasteiger partial charge in [-0.3, -0.25) is 4.57 Å². The van der Waals surface area contributed by atoms with E-state index in [1.54, 1.807) is 7.05 Å². The van der Waals surface area contributed by atoms with Gasteiger partial charge in [0.15, 0.2) is 5.58 Å². The van der Waals surface area contributed by atoms with Crippen LogP contribution in [0.2, 0.25) is 0 Å². The molecule has 1 N–H and O–H groups in total. The fraction of sp³-hybridized carbons (Fsp3) is 0.462. The van der Waals surface area contributed by atoms with Crippen LogP contribution in [0.4, 0.5) is 0 Å². The Kier molecular flexibility index (Phi) is 2.93. The molecule has 3 rings (SSSR count). The Bertz CT molecular complexity index is 608. The second kappa shape index (κ2) is 4.59. The van der Waals surface area contributed by atoms with E-state index in [9.17, 15) is 4.79 Å². The summed E-state index contributed by atoms with van der Waals surface area (Å²) in [5, 5.41) is 3.31. The van der Waals surface area contributed by atoms with Gasteiger partial charge in [-0.05, 0) is 24.1 Å². The van der Waals surface area contributed by atoms with Gasteiger partial charge >= 0.3 is 5.76 Å². The molecule has 2 aromatic rings. The third-order valence-corrected chi connectivity index (χ3v) is 3.32. The summed E-state index contributed by atoms with van der Waals surface area (Å²) in [6.45, 7) is 2.56. The minimum absolute atomic E-state index is 0.208. The van der Waals surface area contributed by atoms with Crippen molar-refractivity contribution in [3.8, 4) is 0 Å². The number of hydrogen-bond donors (Lipinski definition) is 1. The highest BCUT2D eigenvalue weighted by Crippen LogP contribution is 2.16. The number of fused-ring (bicyclic) bond motifs is 1. The van der Waals surface area contributed by atoms with E-state index in [0.717, 1.165) is 37.2 Å². The molecule has 18 heavy (non-hydrogen) atoms. The van der Waals surface area contributed by atoms with Gasteiger partial charge in [0, 0.05) is 20.1 Å². The van der Waals surface area contributed by atoms with E-state index in [1.807, 2.05) is 18.2 Å². The molecule has 0 saturated carbocycles. The van der Waals surface area contributed by atoms with E-state index < -0.39 is 0 Å². The fourth-order valence-corrected chi connectivity index (χ4v) is 2.31. The molecule has 1 atom stereocenters. The first-order valence-electron chi connectivity index (χ1n) is 6.15. The topological polar surface area (TPSA) is 56.4 Å². The lowest BCUT2D eigenvalue weighted by Crippen LogP contribution is -2.39. The quantitative estimate of drug-likeness (QED) is 0.848. The molecular weight excluding hydrogens is 232 g/mol. The first kappa shape index (κ1) is 11.5. The molecule has 2 heterocycles. The number of ether oxygens (including phenoxy) is 1. The summed E-state index contributed by atoms with van der Waals surface area (Å²) >= 11 is 0. The van der Waals surface area contributed by atoms with Crippen molar-refractivity contribution in [3.05, 3.63) is 34.3 Å². The molecule has 1 aromatic heterocycles. The Balaban J connectivity index is 1.88. The van der Waals surface area contributed by atoms with Crippen molar-refractivity contribution in [3.63, 3.8) is 0 Å². The lowest BCUT2D eigenvalue weighted by Gasteiger charge is -2.23. The molecular formula is C13H16N2O3. The monoisotopic (exact) mass is 248 g/mol. The number of benzene rings is 1. The number of aryl methyl sites for hydroxylation is 1. The summed E-state index contributed by atoms with van der Waals surface area (Å²) < 4.78 is 12.3. The first-order valence-corrected chi connectivity index (χ1v) is 6.15. The summed E-state index contributed by atoms with van der Waals surface area (Å²) in [6, 6.07) is 5.84.